The van der Waals surface area contributed by atoms with Crippen molar-refractivity contribution < 1.29 is 9.53 Å². The Kier molecular flexibility index (Phi) is 4.10. The Labute approximate surface area is 114 Å². The zero-order chi connectivity index (χ0) is 13.9. The highest BCUT2D eigenvalue weighted by Gasteiger charge is 2.35. The number of amides is 1. The second-order valence-corrected chi connectivity index (χ2v) is 5.49. The summed E-state index contributed by atoms with van der Waals surface area (Å²) in [6, 6.07) is 7.77. The predicted octanol–water partition coefficient (Wildman–Crippen LogP) is 1.93. The molecule has 0 heterocycles. The largest absolute Gasteiger partial charge is 0.497 e. The van der Waals surface area contributed by atoms with E-state index >= 15 is 0 Å². The van der Waals surface area contributed by atoms with Crippen LogP contribution in [0.3, 0.4) is 0 Å². The van der Waals surface area contributed by atoms with E-state index in [-0.39, 0.29) is 11.4 Å². The van der Waals surface area contributed by atoms with Gasteiger partial charge in [-0.15, -0.1) is 0 Å². The Balaban J connectivity index is 1.92. The summed E-state index contributed by atoms with van der Waals surface area (Å²) in [5.41, 5.74) is 6.93. The zero-order valence-electron chi connectivity index (χ0n) is 11.7. The molecule has 0 atom stereocenters. The molecule has 4 heteroatoms. The molecule has 1 aromatic rings. The highest BCUT2D eigenvalue weighted by Crippen LogP contribution is 2.32. The van der Waals surface area contributed by atoms with E-state index in [1.165, 1.54) is 0 Å². The first-order valence-electron chi connectivity index (χ1n) is 6.68. The van der Waals surface area contributed by atoms with Gasteiger partial charge in [0.1, 0.15) is 5.75 Å². The molecule has 0 saturated heterocycles. The summed E-state index contributed by atoms with van der Waals surface area (Å²) in [5, 5.41) is 0. The average Bonchev–Trinajstić information content (AvgIpc) is 2.37. The first-order chi connectivity index (χ1) is 9.02. The number of hydrogen-bond acceptors (Lipinski definition) is 3. The molecule has 2 rings (SSSR count). The Morgan fingerprint density at radius 2 is 2.21 bits per heavy atom. The van der Waals surface area contributed by atoms with Gasteiger partial charge in [0.25, 0.3) is 0 Å². The van der Waals surface area contributed by atoms with Crippen LogP contribution in [0.25, 0.3) is 0 Å². The fraction of sp³-hybridized carbons (Fsp3) is 0.533. The number of nitrogens with zero attached hydrogens (tertiary/aromatic N) is 1. The quantitative estimate of drug-likeness (QED) is 0.882. The van der Waals surface area contributed by atoms with Gasteiger partial charge in [-0.1, -0.05) is 12.1 Å². The lowest BCUT2D eigenvalue weighted by Crippen LogP contribution is -2.50. The van der Waals surface area contributed by atoms with Crippen molar-refractivity contribution in [3.05, 3.63) is 29.8 Å². The van der Waals surface area contributed by atoms with Gasteiger partial charge in [0.05, 0.1) is 7.11 Å². The van der Waals surface area contributed by atoms with Crippen LogP contribution >= 0.6 is 0 Å². The summed E-state index contributed by atoms with van der Waals surface area (Å²) in [6.45, 7) is 0.589. The minimum absolute atomic E-state index is 0.116. The molecule has 1 fully saturated rings. The highest BCUT2D eigenvalue weighted by atomic mass is 16.5. The molecule has 0 bridgehead atoms. The van der Waals surface area contributed by atoms with Crippen LogP contribution in [-0.2, 0) is 11.3 Å². The van der Waals surface area contributed by atoms with E-state index in [1.807, 2.05) is 31.3 Å². The fourth-order valence-corrected chi connectivity index (χ4v) is 2.38. The minimum atomic E-state index is -0.250. The molecule has 1 aliphatic carbocycles. The number of ether oxygens (including phenoxy) is 1. The van der Waals surface area contributed by atoms with Crippen LogP contribution < -0.4 is 10.5 Å². The predicted molar refractivity (Wildman–Crippen MR) is 74.9 cm³/mol. The van der Waals surface area contributed by atoms with Crippen LogP contribution in [0.2, 0.25) is 0 Å². The van der Waals surface area contributed by atoms with Gasteiger partial charge in [-0.3, -0.25) is 4.79 Å². The number of methoxy groups -OCH3 is 1. The minimum Gasteiger partial charge on any atom is -0.497 e. The molecule has 0 aromatic heterocycles. The third-order valence-electron chi connectivity index (χ3n) is 3.83. The van der Waals surface area contributed by atoms with Gasteiger partial charge in [-0.25, -0.2) is 0 Å². The third kappa shape index (κ3) is 3.47. The lowest BCUT2D eigenvalue weighted by molar-refractivity contribution is -0.132. The first-order valence-corrected chi connectivity index (χ1v) is 6.68. The van der Waals surface area contributed by atoms with Gasteiger partial charge in [0.15, 0.2) is 0 Å². The van der Waals surface area contributed by atoms with Gasteiger partial charge in [-0.2, -0.15) is 0 Å². The van der Waals surface area contributed by atoms with Gasteiger partial charge < -0.3 is 15.4 Å². The smallest absolute Gasteiger partial charge is 0.224 e. The topological polar surface area (TPSA) is 55.6 Å². The highest BCUT2D eigenvalue weighted by molar-refractivity contribution is 5.77. The van der Waals surface area contributed by atoms with Crippen molar-refractivity contribution in [2.24, 2.45) is 5.73 Å². The van der Waals surface area contributed by atoms with Gasteiger partial charge in [-0.05, 0) is 37.0 Å². The lowest BCUT2D eigenvalue weighted by Gasteiger charge is -2.38. The fourth-order valence-electron chi connectivity index (χ4n) is 2.38. The van der Waals surface area contributed by atoms with E-state index in [1.54, 1.807) is 12.0 Å². The number of carbonyl (C=O) groups excluding carboxylic acids is 1. The Hall–Kier alpha value is -1.55. The van der Waals surface area contributed by atoms with Crippen LogP contribution in [0.5, 0.6) is 5.75 Å². The Morgan fingerprint density at radius 3 is 2.79 bits per heavy atom. The van der Waals surface area contributed by atoms with Crippen molar-refractivity contribution in [3.63, 3.8) is 0 Å². The number of rotatable bonds is 5. The van der Waals surface area contributed by atoms with Crippen molar-refractivity contribution >= 4 is 5.91 Å². The average molecular weight is 262 g/mol. The molecule has 2 N–H and O–H groups in total. The molecule has 1 aromatic carbocycles. The molecule has 1 aliphatic rings. The van der Waals surface area contributed by atoms with Crippen LogP contribution in [0.15, 0.2) is 24.3 Å². The number of nitrogens with two attached hydrogens (primary N) is 1. The van der Waals surface area contributed by atoms with Gasteiger partial charge in [0, 0.05) is 25.6 Å². The molecule has 0 radical (unpaired) electrons. The van der Waals surface area contributed by atoms with Crippen LogP contribution in [0, 0.1) is 0 Å². The maximum Gasteiger partial charge on any atom is 0.224 e. The van der Waals surface area contributed by atoms with Crippen LogP contribution in [0.1, 0.15) is 31.2 Å². The normalized spacial score (nSPS) is 16.6. The first kappa shape index (κ1) is 13.9. The molecule has 4 nitrogen and oxygen atoms in total. The Morgan fingerprint density at radius 1 is 1.47 bits per heavy atom. The van der Waals surface area contributed by atoms with E-state index in [0.717, 1.165) is 30.6 Å². The summed E-state index contributed by atoms with van der Waals surface area (Å²) < 4.78 is 5.18. The molecule has 0 spiro atoms. The number of hydrogen-bond donors (Lipinski definition) is 1. The maximum atomic E-state index is 12.1. The SMILES string of the molecule is COc1cccc(CN(C)C(=O)CC2(N)CCC2)c1. The van der Waals surface area contributed by atoms with Gasteiger partial charge >= 0.3 is 0 Å². The van der Waals surface area contributed by atoms with E-state index in [4.69, 9.17) is 10.5 Å². The third-order valence-corrected chi connectivity index (χ3v) is 3.83. The van der Waals surface area contributed by atoms with Crippen molar-refractivity contribution in [3.8, 4) is 5.75 Å². The molecular formula is C15H22N2O2. The summed E-state index contributed by atoms with van der Waals surface area (Å²) in [4.78, 5) is 13.9. The molecule has 1 amide bonds. The van der Waals surface area contributed by atoms with Gasteiger partial charge in [0.2, 0.25) is 5.91 Å². The number of carbonyl (C=O) groups is 1. The van der Waals surface area contributed by atoms with Crippen molar-refractivity contribution in [1.82, 2.24) is 4.90 Å². The van der Waals surface area contributed by atoms with E-state index < -0.39 is 0 Å². The second-order valence-electron chi connectivity index (χ2n) is 5.49. The van der Waals surface area contributed by atoms with Crippen LogP contribution in [0.4, 0.5) is 0 Å². The molecule has 0 unspecified atom stereocenters. The monoisotopic (exact) mass is 262 g/mol. The molecule has 19 heavy (non-hydrogen) atoms. The Bertz CT molecular complexity index is 455. The van der Waals surface area contributed by atoms with Crippen molar-refractivity contribution in [2.45, 2.75) is 37.8 Å². The summed E-state index contributed by atoms with van der Waals surface area (Å²) >= 11 is 0. The van der Waals surface area contributed by atoms with Crippen molar-refractivity contribution in [2.75, 3.05) is 14.2 Å². The standard InChI is InChI=1S/C15H22N2O2/c1-17(14(18)10-15(16)7-4-8-15)11-12-5-3-6-13(9-12)19-2/h3,5-6,9H,4,7-8,10-11,16H2,1-2H3. The second kappa shape index (κ2) is 5.61. The molecule has 1 saturated carbocycles. The molecule has 104 valence electrons. The zero-order valence-corrected chi connectivity index (χ0v) is 11.7. The van der Waals surface area contributed by atoms with E-state index in [2.05, 4.69) is 0 Å². The van der Waals surface area contributed by atoms with E-state index in [0.29, 0.717) is 13.0 Å². The lowest BCUT2D eigenvalue weighted by atomic mass is 9.75. The molecule has 0 aliphatic heterocycles. The summed E-state index contributed by atoms with van der Waals surface area (Å²) in [5.74, 6) is 0.928. The maximum absolute atomic E-state index is 12.1. The molecular weight excluding hydrogens is 240 g/mol. The van der Waals surface area contributed by atoms with Crippen molar-refractivity contribution in [1.29, 1.82) is 0 Å². The van der Waals surface area contributed by atoms with Crippen LogP contribution in [-0.4, -0.2) is 30.5 Å². The van der Waals surface area contributed by atoms with E-state index in [9.17, 15) is 4.79 Å². The summed E-state index contributed by atoms with van der Waals surface area (Å²) in [6.07, 6.45) is 3.52. The summed E-state index contributed by atoms with van der Waals surface area (Å²) in [7, 11) is 3.46. The number of benzene rings is 1.